The van der Waals surface area contributed by atoms with E-state index < -0.39 is 27.8 Å². The van der Waals surface area contributed by atoms with Gasteiger partial charge in [0.15, 0.2) is 10.3 Å². The SMILES string of the molecule is O=C(Oc1ccccc1C(=O)Nc1ncc([N+](=O)[O-])s1)Oc1ccccc1C(=O)Nc1ncc([N+](=O)[O-])s1. The van der Waals surface area contributed by atoms with E-state index in [0.29, 0.717) is 22.7 Å². The first-order valence-electron chi connectivity index (χ1n) is 10.1. The molecule has 2 aromatic heterocycles. The summed E-state index contributed by atoms with van der Waals surface area (Å²) in [6.45, 7) is 0. The molecule has 0 bridgehead atoms. The molecule has 2 aromatic carbocycles. The van der Waals surface area contributed by atoms with Gasteiger partial charge in [0, 0.05) is 0 Å². The smallest absolute Gasteiger partial charge is 0.394 e. The van der Waals surface area contributed by atoms with E-state index in [1.165, 1.54) is 48.5 Å². The van der Waals surface area contributed by atoms with Gasteiger partial charge in [-0.3, -0.25) is 40.5 Å². The number of nitrogens with one attached hydrogen (secondary N) is 2. The van der Waals surface area contributed by atoms with Crippen LogP contribution in [0.2, 0.25) is 0 Å². The van der Waals surface area contributed by atoms with Crippen LogP contribution in [0.1, 0.15) is 20.7 Å². The van der Waals surface area contributed by atoms with Crippen molar-refractivity contribution in [2.45, 2.75) is 0 Å². The van der Waals surface area contributed by atoms with Crippen LogP contribution in [0.3, 0.4) is 0 Å². The number of benzene rings is 2. The van der Waals surface area contributed by atoms with Gasteiger partial charge in [-0.05, 0) is 46.9 Å². The van der Waals surface area contributed by atoms with Crippen LogP contribution in [0.25, 0.3) is 0 Å². The molecular formula is C21H12N6O9S2. The maximum absolute atomic E-state index is 12.7. The number of hydrogen-bond acceptors (Lipinski definition) is 13. The Hall–Kier alpha value is -5.29. The Balaban J connectivity index is 1.45. The number of nitro groups is 2. The molecule has 0 fully saturated rings. The van der Waals surface area contributed by atoms with Crippen LogP contribution in [0.15, 0.2) is 60.9 Å². The third-order valence-electron chi connectivity index (χ3n) is 4.44. The quantitative estimate of drug-likeness (QED) is 0.134. The van der Waals surface area contributed by atoms with E-state index >= 15 is 0 Å². The summed E-state index contributed by atoms with van der Waals surface area (Å²) in [5, 5.41) is 25.8. The summed E-state index contributed by atoms with van der Waals surface area (Å²) in [7, 11) is 0. The summed E-state index contributed by atoms with van der Waals surface area (Å²) in [4.78, 5) is 65.7. The largest absolute Gasteiger partial charge is 0.519 e. The Kier molecular flexibility index (Phi) is 7.59. The fraction of sp³-hybridized carbons (Fsp3) is 0. The Bertz CT molecular complexity index is 1450. The highest BCUT2D eigenvalue weighted by molar-refractivity contribution is 7.19. The minimum Gasteiger partial charge on any atom is -0.394 e. The molecule has 2 N–H and O–H groups in total. The van der Waals surface area contributed by atoms with Gasteiger partial charge in [0.25, 0.3) is 11.8 Å². The molecule has 0 spiro atoms. The fourth-order valence-electron chi connectivity index (χ4n) is 2.83. The summed E-state index contributed by atoms with van der Waals surface area (Å²) in [5.41, 5.74) is -0.197. The molecule has 0 saturated carbocycles. The van der Waals surface area contributed by atoms with Crippen LogP contribution < -0.4 is 20.1 Å². The molecule has 0 radical (unpaired) electrons. The number of amides is 2. The first-order valence-corrected chi connectivity index (χ1v) is 11.8. The van der Waals surface area contributed by atoms with E-state index in [9.17, 15) is 34.6 Å². The number of carbonyl (C=O) groups is 3. The van der Waals surface area contributed by atoms with Crippen LogP contribution in [-0.2, 0) is 0 Å². The van der Waals surface area contributed by atoms with E-state index in [-0.39, 0.29) is 42.9 Å². The molecule has 15 nitrogen and oxygen atoms in total. The monoisotopic (exact) mass is 556 g/mol. The molecule has 4 rings (SSSR count). The summed E-state index contributed by atoms with van der Waals surface area (Å²) >= 11 is 1.29. The highest BCUT2D eigenvalue weighted by Crippen LogP contribution is 2.28. The van der Waals surface area contributed by atoms with Crippen molar-refractivity contribution in [2.75, 3.05) is 10.6 Å². The van der Waals surface area contributed by atoms with Crippen molar-refractivity contribution in [3.63, 3.8) is 0 Å². The zero-order valence-corrected chi connectivity index (χ0v) is 20.2. The van der Waals surface area contributed by atoms with Crippen LogP contribution >= 0.6 is 22.7 Å². The second kappa shape index (κ2) is 11.2. The zero-order chi connectivity index (χ0) is 27.2. The average molecular weight is 556 g/mol. The first kappa shape index (κ1) is 25.8. The molecular weight excluding hydrogens is 544 g/mol. The van der Waals surface area contributed by atoms with E-state index in [0.717, 1.165) is 12.4 Å². The predicted octanol–water partition coefficient (Wildman–Crippen LogP) is 4.50. The molecule has 0 saturated heterocycles. The number of aromatic nitrogens is 2. The Morgan fingerprint density at radius 3 is 1.47 bits per heavy atom. The molecule has 2 amide bonds. The van der Waals surface area contributed by atoms with Gasteiger partial charge in [-0.15, -0.1) is 0 Å². The molecule has 192 valence electrons. The molecule has 0 aliphatic carbocycles. The van der Waals surface area contributed by atoms with Crippen molar-refractivity contribution in [3.8, 4) is 11.5 Å². The summed E-state index contributed by atoms with van der Waals surface area (Å²) in [6.07, 6.45) is 0.701. The molecule has 0 aliphatic rings. The highest BCUT2D eigenvalue weighted by atomic mass is 32.1. The Morgan fingerprint density at radius 2 is 1.11 bits per heavy atom. The van der Waals surface area contributed by atoms with Crippen molar-refractivity contribution >= 4 is 60.9 Å². The minimum absolute atomic E-state index is 0.0374. The number of hydrogen-bond donors (Lipinski definition) is 2. The van der Waals surface area contributed by atoms with Crippen molar-refractivity contribution in [1.29, 1.82) is 0 Å². The lowest BCUT2D eigenvalue weighted by molar-refractivity contribution is -0.380. The van der Waals surface area contributed by atoms with E-state index in [1.807, 2.05) is 0 Å². The van der Waals surface area contributed by atoms with Gasteiger partial charge < -0.3 is 9.47 Å². The van der Waals surface area contributed by atoms with Gasteiger partial charge in [-0.2, -0.15) is 0 Å². The van der Waals surface area contributed by atoms with Gasteiger partial charge in [0.05, 0.1) is 21.0 Å². The van der Waals surface area contributed by atoms with Crippen molar-refractivity contribution in [3.05, 3.63) is 92.3 Å². The third kappa shape index (κ3) is 6.09. The molecule has 38 heavy (non-hydrogen) atoms. The van der Waals surface area contributed by atoms with E-state index in [2.05, 4.69) is 20.6 Å². The van der Waals surface area contributed by atoms with E-state index in [4.69, 9.17) is 9.47 Å². The van der Waals surface area contributed by atoms with Gasteiger partial charge in [-0.25, -0.2) is 14.8 Å². The van der Waals surface area contributed by atoms with Gasteiger partial charge >= 0.3 is 16.2 Å². The number of carbonyl (C=O) groups excluding carboxylic acids is 3. The molecule has 17 heteroatoms. The van der Waals surface area contributed by atoms with Gasteiger partial charge in [-0.1, -0.05) is 24.3 Å². The van der Waals surface area contributed by atoms with Crippen LogP contribution in [0, 0.1) is 20.2 Å². The zero-order valence-electron chi connectivity index (χ0n) is 18.6. The summed E-state index contributed by atoms with van der Waals surface area (Å²) in [6, 6.07) is 11.3. The fourth-order valence-corrected chi connectivity index (χ4v) is 4.09. The lowest BCUT2D eigenvalue weighted by atomic mass is 10.2. The summed E-state index contributed by atoms with van der Waals surface area (Å²) < 4.78 is 10.3. The number of rotatable bonds is 8. The highest BCUT2D eigenvalue weighted by Gasteiger charge is 2.22. The molecule has 0 unspecified atom stereocenters. The van der Waals surface area contributed by atoms with Crippen LogP contribution in [-0.4, -0.2) is 37.8 Å². The maximum Gasteiger partial charge on any atom is 0.519 e. The van der Waals surface area contributed by atoms with Crippen molar-refractivity contribution in [1.82, 2.24) is 9.97 Å². The number of para-hydroxylation sites is 2. The van der Waals surface area contributed by atoms with Gasteiger partial charge in [0.1, 0.15) is 23.9 Å². The topological polar surface area (TPSA) is 206 Å². The standard InChI is InChI=1S/C21H12N6O9S2/c28-17(24-19-22-9-15(37-19)26(31)32)11-5-1-3-7-13(11)35-21(30)36-14-8-4-2-6-12(14)18(29)25-20-23-10-16(38-20)27(33)34/h1-10H,(H,22,24,28)(H,23,25,29). The lowest BCUT2D eigenvalue weighted by Crippen LogP contribution is -2.20. The molecule has 4 aromatic rings. The first-order chi connectivity index (χ1) is 18.2. The van der Waals surface area contributed by atoms with Crippen molar-refractivity contribution < 1.29 is 33.7 Å². The van der Waals surface area contributed by atoms with Crippen molar-refractivity contribution in [2.24, 2.45) is 0 Å². The predicted molar refractivity (Wildman–Crippen MR) is 133 cm³/mol. The third-order valence-corrected chi connectivity index (χ3v) is 6.17. The second-order valence-electron chi connectivity index (χ2n) is 6.88. The van der Waals surface area contributed by atoms with Gasteiger partial charge in [0.2, 0.25) is 0 Å². The lowest BCUT2D eigenvalue weighted by Gasteiger charge is -2.11. The number of anilines is 2. The number of thiazole rings is 2. The summed E-state index contributed by atoms with van der Waals surface area (Å²) in [5.74, 6) is -1.90. The number of nitrogens with zero attached hydrogens (tertiary/aromatic N) is 4. The normalized spacial score (nSPS) is 10.3. The average Bonchev–Trinajstić information content (AvgIpc) is 3.55. The molecule has 0 atom stereocenters. The molecule has 0 aliphatic heterocycles. The molecule has 2 heterocycles. The Morgan fingerprint density at radius 1 is 0.711 bits per heavy atom. The van der Waals surface area contributed by atoms with Crippen LogP contribution in [0.4, 0.5) is 25.1 Å². The van der Waals surface area contributed by atoms with Crippen LogP contribution in [0.5, 0.6) is 11.5 Å². The minimum atomic E-state index is -1.28. The number of ether oxygens (including phenoxy) is 2. The maximum atomic E-state index is 12.7. The second-order valence-corrected chi connectivity index (χ2v) is 8.89. The van der Waals surface area contributed by atoms with E-state index in [1.54, 1.807) is 0 Å². The Labute approximate surface area is 219 Å².